The second kappa shape index (κ2) is 8.16. The Balaban J connectivity index is 2.70. The summed E-state index contributed by atoms with van der Waals surface area (Å²) in [5.41, 5.74) is 1.28. The van der Waals surface area contributed by atoms with Crippen molar-refractivity contribution in [3.63, 3.8) is 0 Å². The van der Waals surface area contributed by atoms with E-state index in [9.17, 15) is 0 Å². The van der Waals surface area contributed by atoms with Gasteiger partial charge in [0.25, 0.3) is 0 Å². The third-order valence-electron chi connectivity index (χ3n) is 3.94. The van der Waals surface area contributed by atoms with Gasteiger partial charge in [0, 0.05) is 16.1 Å². The van der Waals surface area contributed by atoms with E-state index in [1.807, 2.05) is 0 Å². The number of nitrogens with zero attached hydrogens (tertiary/aromatic N) is 1. The van der Waals surface area contributed by atoms with Crippen LogP contribution in [0.2, 0.25) is 0 Å². The van der Waals surface area contributed by atoms with E-state index < -0.39 is 0 Å². The van der Waals surface area contributed by atoms with E-state index in [-0.39, 0.29) is 5.54 Å². The second-order valence-electron chi connectivity index (χ2n) is 6.35. The highest BCUT2D eigenvalue weighted by atomic mass is 79.9. The van der Waals surface area contributed by atoms with Crippen molar-refractivity contribution in [2.75, 3.05) is 27.2 Å². The van der Waals surface area contributed by atoms with E-state index in [2.05, 4.69) is 86.1 Å². The van der Waals surface area contributed by atoms with Crippen LogP contribution in [0.25, 0.3) is 0 Å². The second-order valence-corrected chi connectivity index (χ2v) is 7.21. The maximum Gasteiger partial charge on any atom is 0.120 e. The first kappa shape index (κ1) is 18.5. The van der Waals surface area contributed by atoms with Crippen LogP contribution in [0, 0.1) is 0 Å². The molecule has 0 saturated carbocycles. The van der Waals surface area contributed by atoms with Crippen LogP contribution < -0.4 is 10.1 Å². The summed E-state index contributed by atoms with van der Waals surface area (Å²) < 4.78 is 7.03. The molecule has 0 radical (unpaired) electrons. The Morgan fingerprint density at radius 1 is 1.33 bits per heavy atom. The SMILES string of the molecule is CCCNC(C)c1ccc(OCC(C)(C)N(C)C)cc1Br. The Bertz CT molecular complexity index is 446. The molecule has 1 aromatic carbocycles. The van der Waals surface area contributed by atoms with Crippen LogP contribution in [0.1, 0.15) is 45.7 Å². The molecule has 21 heavy (non-hydrogen) atoms. The molecule has 0 saturated heterocycles. The van der Waals surface area contributed by atoms with Crippen LogP contribution in [0.15, 0.2) is 22.7 Å². The van der Waals surface area contributed by atoms with Crippen molar-refractivity contribution < 1.29 is 4.74 Å². The molecule has 0 amide bonds. The molecule has 1 N–H and O–H groups in total. The van der Waals surface area contributed by atoms with Crippen LogP contribution in [0.4, 0.5) is 0 Å². The molecule has 0 fully saturated rings. The predicted molar refractivity (Wildman–Crippen MR) is 94.1 cm³/mol. The molecule has 0 spiro atoms. The minimum absolute atomic E-state index is 0.0150. The molecule has 0 aliphatic carbocycles. The average Bonchev–Trinajstić information content (AvgIpc) is 2.42. The molecule has 0 aliphatic rings. The van der Waals surface area contributed by atoms with Crippen LogP contribution >= 0.6 is 15.9 Å². The summed E-state index contributed by atoms with van der Waals surface area (Å²) in [7, 11) is 4.15. The summed E-state index contributed by atoms with van der Waals surface area (Å²) in [6.45, 7) is 10.4. The zero-order valence-electron chi connectivity index (χ0n) is 14.2. The molecule has 1 unspecified atom stereocenters. The van der Waals surface area contributed by atoms with Crippen LogP contribution in [0.5, 0.6) is 5.75 Å². The lowest BCUT2D eigenvalue weighted by Crippen LogP contribution is -2.43. The first-order chi connectivity index (χ1) is 9.77. The molecule has 1 aromatic rings. The minimum atomic E-state index is 0.0150. The maximum absolute atomic E-state index is 5.94. The number of hydrogen-bond donors (Lipinski definition) is 1. The fourth-order valence-electron chi connectivity index (χ4n) is 1.81. The molecule has 4 heteroatoms. The fraction of sp³-hybridized carbons (Fsp3) is 0.647. The van der Waals surface area contributed by atoms with E-state index in [1.165, 1.54) is 5.56 Å². The van der Waals surface area contributed by atoms with Gasteiger partial charge in [-0.15, -0.1) is 0 Å². The van der Waals surface area contributed by atoms with Crippen molar-refractivity contribution in [1.82, 2.24) is 10.2 Å². The molecule has 120 valence electrons. The number of likely N-dealkylation sites (N-methyl/N-ethyl adjacent to an activating group) is 1. The highest BCUT2D eigenvalue weighted by Gasteiger charge is 2.21. The zero-order chi connectivity index (χ0) is 16.0. The van der Waals surface area contributed by atoms with Crippen molar-refractivity contribution in [3.8, 4) is 5.75 Å². The van der Waals surface area contributed by atoms with E-state index in [0.717, 1.165) is 23.2 Å². The molecular weight excluding hydrogens is 328 g/mol. The molecule has 0 bridgehead atoms. The van der Waals surface area contributed by atoms with E-state index in [4.69, 9.17) is 4.74 Å². The molecule has 1 atom stereocenters. The highest BCUT2D eigenvalue weighted by molar-refractivity contribution is 9.10. The number of ether oxygens (including phenoxy) is 1. The third-order valence-corrected chi connectivity index (χ3v) is 4.63. The number of hydrogen-bond acceptors (Lipinski definition) is 3. The number of halogens is 1. The maximum atomic E-state index is 5.94. The van der Waals surface area contributed by atoms with Crippen LogP contribution in [-0.2, 0) is 0 Å². The van der Waals surface area contributed by atoms with Crippen molar-refractivity contribution >= 4 is 15.9 Å². The molecule has 0 aliphatic heterocycles. The smallest absolute Gasteiger partial charge is 0.120 e. The van der Waals surface area contributed by atoms with Crippen molar-refractivity contribution in [3.05, 3.63) is 28.2 Å². The summed E-state index contributed by atoms with van der Waals surface area (Å²) in [4.78, 5) is 2.17. The topological polar surface area (TPSA) is 24.5 Å². The van der Waals surface area contributed by atoms with Crippen molar-refractivity contribution in [2.24, 2.45) is 0 Å². The zero-order valence-corrected chi connectivity index (χ0v) is 15.8. The van der Waals surface area contributed by atoms with Gasteiger partial charge in [-0.25, -0.2) is 0 Å². The van der Waals surface area contributed by atoms with Crippen molar-refractivity contribution in [2.45, 2.75) is 45.7 Å². The molecule has 0 aromatic heterocycles. The lowest BCUT2D eigenvalue weighted by Gasteiger charge is -2.32. The summed E-state index contributed by atoms with van der Waals surface area (Å²) in [5, 5.41) is 3.50. The first-order valence-electron chi connectivity index (χ1n) is 7.61. The van der Waals surface area contributed by atoms with Gasteiger partial charge in [0.2, 0.25) is 0 Å². The monoisotopic (exact) mass is 356 g/mol. The fourth-order valence-corrected chi connectivity index (χ4v) is 2.51. The highest BCUT2D eigenvalue weighted by Crippen LogP contribution is 2.28. The average molecular weight is 357 g/mol. The minimum Gasteiger partial charge on any atom is -0.492 e. The Labute approximate surface area is 138 Å². The number of rotatable bonds is 8. The van der Waals surface area contributed by atoms with Gasteiger partial charge in [0.05, 0.1) is 0 Å². The van der Waals surface area contributed by atoms with Gasteiger partial charge in [-0.05, 0) is 65.5 Å². The first-order valence-corrected chi connectivity index (χ1v) is 8.40. The summed E-state index contributed by atoms with van der Waals surface area (Å²) in [5.74, 6) is 0.906. The quantitative estimate of drug-likeness (QED) is 0.754. The number of benzene rings is 1. The molecule has 3 nitrogen and oxygen atoms in total. The Hall–Kier alpha value is -0.580. The Kier molecular flexibility index (Phi) is 7.17. The Morgan fingerprint density at radius 3 is 2.52 bits per heavy atom. The molecule has 1 rings (SSSR count). The van der Waals surface area contributed by atoms with Gasteiger partial charge in [-0.2, -0.15) is 0 Å². The number of nitrogens with one attached hydrogen (secondary N) is 1. The third kappa shape index (κ3) is 5.61. The lowest BCUT2D eigenvalue weighted by molar-refractivity contribution is 0.114. The molecule has 0 heterocycles. The largest absolute Gasteiger partial charge is 0.492 e. The van der Waals surface area contributed by atoms with Gasteiger partial charge in [0.15, 0.2) is 0 Å². The van der Waals surface area contributed by atoms with Gasteiger partial charge < -0.3 is 15.0 Å². The normalized spacial score (nSPS) is 13.5. The van der Waals surface area contributed by atoms with Gasteiger partial charge in [0.1, 0.15) is 12.4 Å². The van der Waals surface area contributed by atoms with Crippen LogP contribution in [0.3, 0.4) is 0 Å². The van der Waals surface area contributed by atoms with Gasteiger partial charge in [-0.1, -0.05) is 28.9 Å². The van der Waals surface area contributed by atoms with Crippen molar-refractivity contribution in [1.29, 1.82) is 0 Å². The molecular formula is C17H29BrN2O. The summed E-state index contributed by atoms with van der Waals surface area (Å²) in [6, 6.07) is 6.59. The van der Waals surface area contributed by atoms with Gasteiger partial charge >= 0.3 is 0 Å². The summed E-state index contributed by atoms with van der Waals surface area (Å²) in [6.07, 6.45) is 1.14. The Morgan fingerprint density at radius 2 is 2.00 bits per heavy atom. The van der Waals surface area contributed by atoms with E-state index >= 15 is 0 Å². The van der Waals surface area contributed by atoms with Gasteiger partial charge in [-0.3, -0.25) is 0 Å². The van der Waals surface area contributed by atoms with E-state index in [0.29, 0.717) is 12.6 Å². The van der Waals surface area contributed by atoms with Crippen LogP contribution in [-0.4, -0.2) is 37.7 Å². The summed E-state index contributed by atoms with van der Waals surface area (Å²) >= 11 is 3.66. The van der Waals surface area contributed by atoms with E-state index in [1.54, 1.807) is 0 Å². The lowest BCUT2D eigenvalue weighted by atomic mass is 10.1. The predicted octanol–water partition coefficient (Wildman–Crippen LogP) is 4.23. The standard InChI is InChI=1S/C17H29BrN2O/c1-7-10-19-13(2)15-9-8-14(11-16(15)18)21-12-17(3,4)20(5)6/h8-9,11,13,19H,7,10,12H2,1-6H3.